The minimum atomic E-state index is -0.285. The van der Waals surface area contributed by atoms with E-state index in [2.05, 4.69) is 23.3 Å². The summed E-state index contributed by atoms with van der Waals surface area (Å²) in [6, 6.07) is 14.6. The Balaban J connectivity index is 1.62. The lowest BCUT2D eigenvalue weighted by Gasteiger charge is -2.31. The lowest BCUT2D eigenvalue weighted by Crippen LogP contribution is -2.33. The Morgan fingerprint density at radius 1 is 1.11 bits per heavy atom. The number of carbonyl (C=O) groups is 1. The lowest BCUT2D eigenvalue weighted by atomic mass is 9.94. The summed E-state index contributed by atoms with van der Waals surface area (Å²) in [5, 5.41) is 2.97. The average Bonchev–Trinajstić information content (AvgIpc) is 2.70. The second-order valence-electron chi connectivity index (χ2n) is 7.24. The predicted octanol–water partition coefficient (Wildman–Crippen LogP) is 5.24. The van der Waals surface area contributed by atoms with Gasteiger partial charge in [0, 0.05) is 24.4 Å². The smallest absolute Gasteiger partial charge is 0.248 e. The number of amides is 1. The number of carbonyl (C=O) groups excluding carboxylic acids is 1. The fourth-order valence-corrected chi connectivity index (χ4v) is 3.62. The van der Waals surface area contributed by atoms with Gasteiger partial charge < -0.3 is 5.32 Å². The van der Waals surface area contributed by atoms with Crippen molar-refractivity contribution in [1.29, 1.82) is 0 Å². The number of nitrogens with zero attached hydrogens (tertiary/aromatic N) is 1. The van der Waals surface area contributed by atoms with Gasteiger partial charge in [-0.25, -0.2) is 4.39 Å². The third-order valence-electron chi connectivity index (χ3n) is 5.19. The van der Waals surface area contributed by atoms with Crippen molar-refractivity contribution >= 4 is 17.7 Å². The quantitative estimate of drug-likeness (QED) is 0.709. The van der Waals surface area contributed by atoms with E-state index >= 15 is 0 Å². The van der Waals surface area contributed by atoms with E-state index < -0.39 is 0 Å². The molecule has 1 aliphatic carbocycles. The van der Waals surface area contributed by atoms with E-state index in [-0.39, 0.29) is 11.7 Å². The molecule has 0 radical (unpaired) electrons. The summed E-state index contributed by atoms with van der Waals surface area (Å²) in [5.74, 6) is -0.472. The van der Waals surface area contributed by atoms with E-state index in [0.717, 1.165) is 23.4 Å². The van der Waals surface area contributed by atoms with Gasteiger partial charge in [0.15, 0.2) is 0 Å². The minimum absolute atomic E-state index is 0.188. The molecule has 0 spiro atoms. The van der Waals surface area contributed by atoms with Crippen molar-refractivity contribution in [3.63, 3.8) is 0 Å². The predicted molar refractivity (Wildman–Crippen MR) is 109 cm³/mol. The molecule has 1 N–H and O–H groups in total. The number of hydrogen-bond donors (Lipinski definition) is 1. The molecule has 1 amide bonds. The lowest BCUT2D eigenvalue weighted by molar-refractivity contribution is -0.111. The first kappa shape index (κ1) is 19.3. The third-order valence-corrected chi connectivity index (χ3v) is 5.19. The van der Waals surface area contributed by atoms with Gasteiger partial charge in [-0.1, -0.05) is 49.6 Å². The Morgan fingerprint density at radius 2 is 1.81 bits per heavy atom. The average molecular weight is 366 g/mol. The second kappa shape index (κ2) is 9.47. The van der Waals surface area contributed by atoms with Crippen LogP contribution < -0.4 is 5.32 Å². The molecule has 2 aromatic carbocycles. The number of halogens is 1. The number of para-hydroxylation sites is 1. The molecule has 0 atom stereocenters. The Labute approximate surface area is 160 Å². The third kappa shape index (κ3) is 5.76. The van der Waals surface area contributed by atoms with Gasteiger partial charge in [0.1, 0.15) is 5.82 Å². The summed E-state index contributed by atoms with van der Waals surface area (Å²) in [6.07, 6.45) is 9.64. The van der Waals surface area contributed by atoms with E-state index in [4.69, 9.17) is 0 Å². The van der Waals surface area contributed by atoms with Crippen LogP contribution in [0.25, 0.3) is 6.08 Å². The fourth-order valence-electron chi connectivity index (χ4n) is 3.62. The topological polar surface area (TPSA) is 32.3 Å². The number of hydrogen-bond acceptors (Lipinski definition) is 2. The molecular formula is C23H27FN2O. The Kier molecular flexibility index (Phi) is 6.77. The van der Waals surface area contributed by atoms with Gasteiger partial charge in [-0.15, -0.1) is 0 Å². The van der Waals surface area contributed by atoms with E-state index in [9.17, 15) is 9.18 Å². The zero-order chi connectivity index (χ0) is 19.1. The molecule has 142 valence electrons. The molecular weight excluding hydrogens is 339 g/mol. The number of benzene rings is 2. The van der Waals surface area contributed by atoms with E-state index in [0.29, 0.717) is 6.04 Å². The van der Waals surface area contributed by atoms with Crippen LogP contribution in [0.5, 0.6) is 0 Å². The molecule has 1 saturated carbocycles. The standard InChI is InChI=1S/C23H27FN2O/c1-26(21-8-3-2-4-9-21)17-19-7-5-6-10-22(19)25-23(27)16-13-18-11-14-20(24)15-12-18/h5-7,10-16,21H,2-4,8-9,17H2,1H3,(H,25,27). The SMILES string of the molecule is CN(Cc1ccccc1NC(=O)C=Cc1ccc(F)cc1)C1CCCCC1. The van der Waals surface area contributed by atoms with Crippen LogP contribution in [0.1, 0.15) is 43.2 Å². The number of rotatable bonds is 6. The summed E-state index contributed by atoms with van der Waals surface area (Å²) in [5.41, 5.74) is 2.75. The molecule has 2 aromatic rings. The van der Waals surface area contributed by atoms with Crippen molar-refractivity contribution in [2.45, 2.75) is 44.7 Å². The second-order valence-corrected chi connectivity index (χ2v) is 7.24. The largest absolute Gasteiger partial charge is 0.322 e. The summed E-state index contributed by atoms with van der Waals surface area (Å²) in [6.45, 7) is 0.822. The van der Waals surface area contributed by atoms with Crippen molar-refractivity contribution in [2.24, 2.45) is 0 Å². The molecule has 0 unspecified atom stereocenters. The Morgan fingerprint density at radius 3 is 2.56 bits per heavy atom. The van der Waals surface area contributed by atoms with Crippen LogP contribution >= 0.6 is 0 Å². The van der Waals surface area contributed by atoms with E-state index in [1.165, 1.54) is 50.3 Å². The highest BCUT2D eigenvalue weighted by atomic mass is 19.1. The van der Waals surface area contributed by atoms with Crippen LogP contribution in [-0.4, -0.2) is 23.9 Å². The molecule has 3 rings (SSSR count). The van der Waals surface area contributed by atoms with Gasteiger partial charge in [0.05, 0.1) is 0 Å². The molecule has 0 aliphatic heterocycles. The van der Waals surface area contributed by atoms with E-state index in [1.54, 1.807) is 18.2 Å². The molecule has 0 aromatic heterocycles. The van der Waals surface area contributed by atoms with E-state index in [1.807, 2.05) is 18.2 Å². The van der Waals surface area contributed by atoms with Gasteiger partial charge in [-0.2, -0.15) is 0 Å². The summed E-state index contributed by atoms with van der Waals surface area (Å²) in [4.78, 5) is 14.7. The first-order valence-electron chi connectivity index (χ1n) is 9.64. The van der Waals surface area contributed by atoms with Crippen LogP contribution in [0, 0.1) is 5.82 Å². The van der Waals surface area contributed by atoms with Crippen molar-refractivity contribution in [3.05, 3.63) is 71.6 Å². The first-order valence-corrected chi connectivity index (χ1v) is 9.64. The molecule has 1 fully saturated rings. The molecule has 0 heterocycles. The highest BCUT2D eigenvalue weighted by Crippen LogP contribution is 2.25. The van der Waals surface area contributed by atoms with Crippen LogP contribution in [0.4, 0.5) is 10.1 Å². The van der Waals surface area contributed by atoms with Crippen LogP contribution in [-0.2, 0) is 11.3 Å². The summed E-state index contributed by atoms with van der Waals surface area (Å²) >= 11 is 0. The Hall–Kier alpha value is -2.46. The summed E-state index contributed by atoms with van der Waals surface area (Å²) < 4.78 is 12.9. The zero-order valence-corrected chi connectivity index (χ0v) is 15.8. The minimum Gasteiger partial charge on any atom is -0.322 e. The molecule has 1 aliphatic rings. The summed E-state index contributed by atoms with van der Waals surface area (Å²) in [7, 11) is 2.17. The van der Waals surface area contributed by atoms with Crippen LogP contribution in [0.2, 0.25) is 0 Å². The maximum absolute atomic E-state index is 12.9. The molecule has 27 heavy (non-hydrogen) atoms. The van der Waals surface area contributed by atoms with Crippen molar-refractivity contribution < 1.29 is 9.18 Å². The van der Waals surface area contributed by atoms with Gasteiger partial charge >= 0.3 is 0 Å². The molecule has 3 nitrogen and oxygen atoms in total. The van der Waals surface area contributed by atoms with Gasteiger partial charge in [0.25, 0.3) is 0 Å². The van der Waals surface area contributed by atoms with Gasteiger partial charge in [-0.05, 0) is 55.3 Å². The highest BCUT2D eigenvalue weighted by molar-refractivity contribution is 6.02. The number of nitrogens with one attached hydrogen (secondary N) is 1. The normalized spacial score (nSPS) is 15.4. The fraction of sp³-hybridized carbons (Fsp3) is 0.348. The highest BCUT2D eigenvalue weighted by Gasteiger charge is 2.18. The van der Waals surface area contributed by atoms with Crippen molar-refractivity contribution in [2.75, 3.05) is 12.4 Å². The van der Waals surface area contributed by atoms with Crippen molar-refractivity contribution in [1.82, 2.24) is 4.90 Å². The molecule has 0 bridgehead atoms. The maximum Gasteiger partial charge on any atom is 0.248 e. The molecule has 0 saturated heterocycles. The first-order chi connectivity index (χ1) is 13.1. The number of anilines is 1. The van der Waals surface area contributed by atoms with Gasteiger partial charge in [-0.3, -0.25) is 9.69 Å². The maximum atomic E-state index is 12.9. The zero-order valence-electron chi connectivity index (χ0n) is 15.8. The Bertz CT molecular complexity index is 779. The van der Waals surface area contributed by atoms with Crippen molar-refractivity contribution in [3.8, 4) is 0 Å². The van der Waals surface area contributed by atoms with Crippen LogP contribution in [0.15, 0.2) is 54.6 Å². The van der Waals surface area contributed by atoms with Gasteiger partial charge in [0.2, 0.25) is 5.91 Å². The molecule has 4 heteroatoms. The van der Waals surface area contributed by atoms with Crippen LogP contribution in [0.3, 0.4) is 0 Å². The monoisotopic (exact) mass is 366 g/mol.